The number of aromatic amines is 1. The Labute approximate surface area is 113 Å². The van der Waals surface area contributed by atoms with Gasteiger partial charge in [0.2, 0.25) is 0 Å². The Kier molecular flexibility index (Phi) is 4.52. The maximum absolute atomic E-state index is 5.43. The summed E-state index contributed by atoms with van der Waals surface area (Å²) in [5.41, 5.74) is 2.38. The molecule has 1 atom stereocenters. The maximum Gasteiger partial charge on any atom is 0.137 e. The van der Waals surface area contributed by atoms with Crippen molar-refractivity contribution in [2.24, 2.45) is 0 Å². The molecule has 19 heavy (non-hydrogen) atoms. The first kappa shape index (κ1) is 13.5. The van der Waals surface area contributed by atoms with Crippen molar-refractivity contribution in [2.45, 2.75) is 26.3 Å². The number of nitrogens with zero attached hydrogens (tertiary/aromatic N) is 2. The fourth-order valence-corrected chi connectivity index (χ4v) is 2.04. The molecule has 2 aromatic rings. The third-order valence-electron chi connectivity index (χ3n) is 3.13. The largest absolute Gasteiger partial charge is 0.496 e. The minimum atomic E-state index is 0.235. The Morgan fingerprint density at radius 3 is 2.95 bits per heavy atom. The molecule has 0 radical (unpaired) electrons. The van der Waals surface area contributed by atoms with E-state index in [4.69, 9.17) is 4.74 Å². The molecule has 0 saturated carbocycles. The summed E-state index contributed by atoms with van der Waals surface area (Å²) in [4.78, 5) is 4.10. The third-order valence-corrected chi connectivity index (χ3v) is 3.13. The lowest BCUT2D eigenvalue weighted by molar-refractivity contribution is 0.401. The van der Waals surface area contributed by atoms with Crippen LogP contribution in [0.2, 0.25) is 0 Å². The SMILES string of the molecule is COc1cc(C)ccc1C(C)NCCc1ncn[nH]1. The van der Waals surface area contributed by atoms with Gasteiger partial charge in [-0.2, -0.15) is 5.10 Å². The molecule has 0 aliphatic rings. The molecule has 102 valence electrons. The summed E-state index contributed by atoms with van der Waals surface area (Å²) in [5.74, 6) is 1.83. The highest BCUT2D eigenvalue weighted by molar-refractivity contribution is 5.39. The number of rotatable bonds is 6. The standard InChI is InChI=1S/C14H20N4O/c1-10-4-5-12(13(8-10)19-3)11(2)15-7-6-14-16-9-17-18-14/h4-5,8-9,11,15H,6-7H2,1-3H3,(H,16,17,18). The summed E-state index contributed by atoms with van der Waals surface area (Å²) in [6, 6.07) is 6.51. The van der Waals surface area contributed by atoms with Crippen molar-refractivity contribution >= 4 is 0 Å². The fraction of sp³-hybridized carbons (Fsp3) is 0.429. The molecule has 1 aromatic heterocycles. The van der Waals surface area contributed by atoms with Gasteiger partial charge in [0, 0.05) is 24.6 Å². The van der Waals surface area contributed by atoms with Gasteiger partial charge >= 0.3 is 0 Å². The molecule has 0 aliphatic heterocycles. The van der Waals surface area contributed by atoms with Gasteiger partial charge in [-0.25, -0.2) is 4.98 Å². The predicted octanol–water partition coefficient (Wildman–Crippen LogP) is 2.02. The number of hydrogen-bond donors (Lipinski definition) is 2. The number of methoxy groups -OCH3 is 1. The molecule has 5 heteroatoms. The van der Waals surface area contributed by atoms with Crippen LogP contribution in [0.3, 0.4) is 0 Å². The van der Waals surface area contributed by atoms with Gasteiger partial charge in [0.05, 0.1) is 7.11 Å². The van der Waals surface area contributed by atoms with Crippen molar-refractivity contribution in [1.82, 2.24) is 20.5 Å². The van der Waals surface area contributed by atoms with Crippen LogP contribution in [0.1, 0.15) is 29.9 Å². The van der Waals surface area contributed by atoms with Crippen molar-refractivity contribution in [3.63, 3.8) is 0 Å². The Hall–Kier alpha value is -1.88. The summed E-state index contributed by atoms with van der Waals surface area (Å²) in [6.07, 6.45) is 2.36. The van der Waals surface area contributed by atoms with Crippen LogP contribution in [0.25, 0.3) is 0 Å². The van der Waals surface area contributed by atoms with E-state index in [-0.39, 0.29) is 6.04 Å². The highest BCUT2D eigenvalue weighted by Crippen LogP contribution is 2.25. The number of nitrogens with one attached hydrogen (secondary N) is 2. The molecule has 2 N–H and O–H groups in total. The van der Waals surface area contributed by atoms with Gasteiger partial charge in [0.15, 0.2) is 0 Å². The van der Waals surface area contributed by atoms with E-state index in [0.29, 0.717) is 0 Å². The van der Waals surface area contributed by atoms with Crippen molar-refractivity contribution in [3.8, 4) is 5.75 Å². The van der Waals surface area contributed by atoms with E-state index in [1.165, 1.54) is 17.5 Å². The zero-order valence-corrected chi connectivity index (χ0v) is 11.6. The van der Waals surface area contributed by atoms with Gasteiger partial charge in [-0.3, -0.25) is 5.10 Å². The van der Waals surface area contributed by atoms with Crippen LogP contribution in [0.5, 0.6) is 5.75 Å². The van der Waals surface area contributed by atoms with Crippen LogP contribution >= 0.6 is 0 Å². The average Bonchev–Trinajstić information content (AvgIpc) is 2.91. The lowest BCUT2D eigenvalue weighted by Crippen LogP contribution is -2.22. The Balaban J connectivity index is 1.94. The van der Waals surface area contributed by atoms with E-state index in [2.05, 4.69) is 52.5 Å². The zero-order valence-electron chi connectivity index (χ0n) is 11.6. The van der Waals surface area contributed by atoms with E-state index in [9.17, 15) is 0 Å². The molecule has 1 unspecified atom stereocenters. The highest BCUT2D eigenvalue weighted by atomic mass is 16.5. The third kappa shape index (κ3) is 3.54. The van der Waals surface area contributed by atoms with Gasteiger partial charge in [-0.05, 0) is 25.5 Å². The van der Waals surface area contributed by atoms with Gasteiger partial charge in [0.25, 0.3) is 0 Å². The predicted molar refractivity (Wildman–Crippen MR) is 74.2 cm³/mol. The monoisotopic (exact) mass is 260 g/mol. The minimum Gasteiger partial charge on any atom is -0.496 e. The number of hydrogen-bond acceptors (Lipinski definition) is 4. The van der Waals surface area contributed by atoms with Crippen LogP contribution in [0, 0.1) is 6.92 Å². The number of aromatic nitrogens is 3. The lowest BCUT2D eigenvalue weighted by Gasteiger charge is -2.17. The molecule has 0 saturated heterocycles. The van der Waals surface area contributed by atoms with Crippen LogP contribution in [0.4, 0.5) is 0 Å². The molecular formula is C14H20N4O. The number of ether oxygens (including phenoxy) is 1. The molecule has 1 aromatic carbocycles. The van der Waals surface area contributed by atoms with Gasteiger partial charge in [-0.15, -0.1) is 0 Å². The van der Waals surface area contributed by atoms with Crippen LogP contribution in [0.15, 0.2) is 24.5 Å². The minimum absolute atomic E-state index is 0.235. The van der Waals surface area contributed by atoms with E-state index >= 15 is 0 Å². The Morgan fingerprint density at radius 2 is 2.26 bits per heavy atom. The smallest absolute Gasteiger partial charge is 0.137 e. The molecule has 2 rings (SSSR count). The maximum atomic E-state index is 5.43. The first-order chi connectivity index (χ1) is 9.20. The molecule has 0 bridgehead atoms. The van der Waals surface area contributed by atoms with E-state index in [1.54, 1.807) is 7.11 Å². The quantitative estimate of drug-likeness (QED) is 0.834. The first-order valence-electron chi connectivity index (χ1n) is 6.43. The van der Waals surface area contributed by atoms with Crippen molar-refractivity contribution in [2.75, 3.05) is 13.7 Å². The van der Waals surface area contributed by atoms with Gasteiger partial charge in [-0.1, -0.05) is 12.1 Å². The summed E-state index contributed by atoms with van der Waals surface area (Å²) in [7, 11) is 1.71. The molecule has 0 fully saturated rings. The molecule has 0 amide bonds. The average molecular weight is 260 g/mol. The van der Waals surface area contributed by atoms with E-state index in [0.717, 1.165) is 24.5 Å². The number of aryl methyl sites for hydroxylation is 1. The summed E-state index contributed by atoms with van der Waals surface area (Å²) < 4.78 is 5.43. The molecule has 5 nitrogen and oxygen atoms in total. The summed E-state index contributed by atoms with van der Waals surface area (Å²) in [5, 5.41) is 10.1. The van der Waals surface area contributed by atoms with Crippen LogP contribution in [-0.2, 0) is 6.42 Å². The van der Waals surface area contributed by atoms with Gasteiger partial charge in [0.1, 0.15) is 17.9 Å². The highest BCUT2D eigenvalue weighted by Gasteiger charge is 2.11. The van der Waals surface area contributed by atoms with Crippen molar-refractivity contribution in [1.29, 1.82) is 0 Å². The normalized spacial score (nSPS) is 12.4. The molecule has 1 heterocycles. The van der Waals surface area contributed by atoms with Crippen molar-refractivity contribution in [3.05, 3.63) is 41.5 Å². The van der Waals surface area contributed by atoms with E-state index in [1.807, 2.05) is 0 Å². The molecule has 0 spiro atoms. The number of benzene rings is 1. The van der Waals surface area contributed by atoms with Crippen LogP contribution in [-0.4, -0.2) is 28.8 Å². The summed E-state index contributed by atoms with van der Waals surface area (Å²) in [6.45, 7) is 5.04. The summed E-state index contributed by atoms with van der Waals surface area (Å²) >= 11 is 0. The van der Waals surface area contributed by atoms with Gasteiger partial charge < -0.3 is 10.1 Å². The van der Waals surface area contributed by atoms with Crippen molar-refractivity contribution < 1.29 is 4.74 Å². The first-order valence-corrected chi connectivity index (χ1v) is 6.43. The fourth-order valence-electron chi connectivity index (χ4n) is 2.04. The topological polar surface area (TPSA) is 62.8 Å². The van der Waals surface area contributed by atoms with Crippen LogP contribution < -0.4 is 10.1 Å². The zero-order chi connectivity index (χ0) is 13.7. The molecule has 0 aliphatic carbocycles. The number of H-pyrrole nitrogens is 1. The molecular weight excluding hydrogens is 240 g/mol. The second-order valence-electron chi connectivity index (χ2n) is 4.60. The Bertz CT molecular complexity index is 510. The Morgan fingerprint density at radius 1 is 1.42 bits per heavy atom. The second kappa shape index (κ2) is 6.33. The second-order valence-corrected chi connectivity index (χ2v) is 4.60. The lowest BCUT2D eigenvalue weighted by atomic mass is 10.0. The van der Waals surface area contributed by atoms with E-state index < -0.39 is 0 Å².